The van der Waals surface area contributed by atoms with Crippen LogP contribution in [0, 0.1) is 0 Å². The predicted molar refractivity (Wildman–Crippen MR) is 98.3 cm³/mol. The molecule has 2 amide bonds. The summed E-state index contributed by atoms with van der Waals surface area (Å²) in [7, 11) is -3.69. The van der Waals surface area contributed by atoms with E-state index in [0.717, 1.165) is 6.54 Å². The first-order valence-corrected chi connectivity index (χ1v) is 10.1. The molecule has 2 rings (SSSR count). The van der Waals surface area contributed by atoms with Gasteiger partial charge in [-0.3, -0.25) is 9.59 Å². The molecule has 1 fully saturated rings. The van der Waals surface area contributed by atoms with Crippen molar-refractivity contribution in [3.8, 4) is 0 Å². The number of nitrogens with one attached hydrogen (secondary N) is 2. The molecular weight excluding hydrogens is 356 g/mol. The van der Waals surface area contributed by atoms with E-state index in [-0.39, 0.29) is 29.8 Å². The number of sulfonamides is 1. The van der Waals surface area contributed by atoms with Gasteiger partial charge in [-0.2, -0.15) is 4.31 Å². The molecule has 1 saturated heterocycles. The number of hydrogen-bond donors (Lipinski definition) is 2. The molecule has 1 aliphatic heterocycles. The van der Waals surface area contributed by atoms with E-state index in [1.807, 2.05) is 6.92 Å². The number of piperazine rings is 1. The van der Waals surface area contributed by atoms with Gasteiger partial charge in [-0.25, -0.2) is 8.42 Å². The van der Waals surface area contributed by atoms with Gasteiger partial charge in [0.25, 0.3) is 5.91 Å². The molecule has 9 heteroatoms. The molecule has 0 spiro atoms. The highest BCUT2D eigenvalue weighted by atomic mass is 32.2. The first kappa shape index (κ1) is 20.3. The monoisotopic (exact) mass is 382 g/mol. The molecule has 0 radical (unpaired) electrons. The average Bonchev–Trinajstić information content (AvgIpc) is 2.65. The molecule has 1 aromatic rings. The van der Waals surface area contributed by atoms with Crippen molar-refractivity contribution in [1.29, 1.82) is 0 Å². The number of hydrogen-bond acceptors (Lipinski definition) is 5. The minimum atomic E-state index is -3.69. The van der Waals surface area contributed by atoms with Crippen LogP contribution < -0.4 is 10.6 Å². The summed E-state index contributed by atoms with van der Waals surface area (Å²) in [4.78, 5) is 25.3. The molecule has 0 saturated carbocycles. The van der Waals surface area contributed by atoms with Crippen LogP contribution in [0.15, 0.2) is 29.2 Å². The van der Waals surface area contributed by atoms with Crippen molar-refractivity contribution >= 4 is 21.8 Å². The summed E-state index contributed by atoms with van der Waals surface area (Å²) in [6, 6.07) is 6.05. The summed E-state index contributed by atoms with van der Waals surface area (Å²) in [5.74, 6) is -0.361. The topological polar surface area (TPSA) is 98.8 Å². The highest BCUT2D eigenvalue weighted by Gasteiger charge is 2.29. The van der Waals surface area contributed by atoms with Crippen molar-refractivity contribution in [3.05, 3.63) is 29.8 Å². The SMILES string of the molecule is CCNCCNC(=O)c1cccc(S(=O)(=O)N2CCN(C(C)=O)CC2)c1. The lowest BCUT2D eigenvalue weighted by Gasteiger charge is -2.33. The van der Waals surface area contributed by atoms with E-state index in [1.165, 1.54) is 23.4 Å². The van der Waals surface area contributed by atoms with Crippen LogP contribution in [-0.4, -0.2) is 75.3 Å². The Morgan fingerprint density at radius 1 is 1.12 bits per heavy atom. The first-order valence-electron chi connectivity index (χ1n) is 8.71. The quantitative estimate of drug-likeness (QED) is 0.641. The minimum absolute atomic E-state index is 0.0571. The van der Waals surface area contributed by atoms with Crippen LogP contribution in [-0.2, 0) is 14.8 Å². The van der Waals surface area contributed by atoms with E-state index in [4.69, 9.17) is 0 Å². The van der Waals surface area contributed by atoms with Crippen molar-refractivity contribution in [2.45, 2.75) is 18.7 Å². The highest BCUT2D eigenvalue weighted by molar-refractivity contribution is 7.89. The lowest BCUT2D eigenvalue weighted by atomic mass is 10.2. The zero-order valence-corrected chi connectivity index (χ0v) is 16.0. The van der Waals surface area contributed by atoms with Crippen LogP contribution in [0.3, 0.4) is 0 Å². The van der Waals surface area contributed by atoms with Crippen LogP contribution in [0.5, 0.6) is 0 Å². The fraction of sp³-hybridized carbons (Fsp3) is 0.529. The molecular formula is C17H26N4O4S. The number of nitrogens with zero attached hydrogens (tertiary/aromatic N) is 2. The van der Waals surface area contributed by atoms with Gasteiger partial charge in [0.15, 0.2) is 0 Å². The summed E-state index contributed by atoms with van der Waals surface area (Å²) >= 11 is 0. The summed E-state index contributed by atoms with van der Waals surface area (Å²) in [5, 5.41) is 5.86. The first-order chi connectivity index (χ1) is 12.4. The molecule has 1 aliphatic rings. The second-order valence-electron chi connectivity index (χ2n) is 6.05. The molecule has 1 aromatic carbocycles. The van der Waals surface area contributed by atoms with Crippen LogP contribution >= 0.6 is 0 Å². The molecule has 0 aliphatic carbocycles. The molecule has 0 unspecified atom stereocenters. The van der Waals surface area contributed by atoms with Gasteiger partial charge >= 0.3 is 0 Å². The van der Waals surface area contributed by atoms with Gasteiger partial charge in [0.1, 0.15) is 0 Å². The van der Waals surface area contributed by atoms with E-state index in [2.05, 4.69) is 10.6 Å². The standard InChI is InChI=1S/C17H26N4O4S/c1-3-18-7-8-19-17(23)15-5-4-6-16(13-15)26(24,25)21-11-9-20(10-12-21)14(2)22/h4-6,13,18H,3,7-12H2,1-2H3,(H,19,23). The molecule has 1 heterocycles. The maximum absolute atomic E-state index is 12.8. The second-order valence-corrected chi connectivity index (χ2v) is 7.99. The van der Waals surface area contributed by atoms with Crippen LogP contribution in [0.1, 0.15) is 24.2 Å². The Labute approximate surface area is 154 Å². The molecule has 0 aromatic heterocycles. The average molecular weight is 382 g/mol. The van der Waals surface area contributed by atoms with Crippen LogP contribution in [0.4, 0.5) is 0 Å². The Morgan fingerprint density at radius 3 is 2.42 bits per heavy atom. The maximum Gasteiger partial charge on any atom is 0.251 e. The van der Waals surface area contributed by atoms with E-state index in [9.17, 15) is 18.0 Å². The Morgan fingerprint density at radius 2 is 1.81 bits per heavy atom. The largest absolute Gasteiger partial charge is 0.351 e. The second kappa shape index (κ2) is 9.11. The molecule has 144 valence electrons. The number of carbonyl (C=O) groups excluding carboxylic acids is 2. The fourth-order valence-electron chi connectivity index (χ4n) is 2.73. The number of benzene rings is 1. The third-order valence-electron chi connectivity index (χ3n) is 4.26. The van der Waals surface area contributed by atoms with Gasteiger partial charge in [-0.05, 0) is 24.7 Å². The van der Waals surface area contributed by atoms with Gasteiger partial charge in [0, 0.05) is 51.8 Å². The maximum atomic E-state index is 12.8. The number of amides is 2. The van der Waals surface area contributed by atoms with Gasteiger partial charge in [0.2, 0.25) is 15.9 Å². The Kier molecular flexibility index (Phi) is 7.13. The highest BCUT2D eigenvalue weighted by Crippen LogP contribution is 2.19. The van der Waals surface area contributed by atoms with Crippen molar-refractivity contribution in [2.75, 3.05) is 45.8 Å². The van der Waals surface area contributed by atoms with Crippen molar-refractivity contribution < 1.29 is 18.0 Å². The smallest absolute Gasteiger partial charge is 0.251 e. The van der Waals surface area contributed by atoms with Crippen molar-refractivity contribution in [2.24, 2.45) is 0 Å². The van der Waals surface area contributed by atoms with Crippen molar-refractivity contribution in [3.63, 3.8) is 0 Å². The van der Waals surface area contributed by atoms with E-state index < -0.39 is 10.0 Å². The Bertz CT molecular complexity index is 743. The summed E-state index contributed by atoms with van der Waals surface area (Å²) in [6.07, 6.45) is 0. The number of carbonyl (C=O) groups is 2. The van der Waals surface area contributed by atoms with E-state index >= 15 is 0 Å². The van der Waals surface area contributed by atoms with E-state index in [0.29, 0.717) is 31.7 Å². The van der Waals surface area contributed by atoms with Crippen LogP contribution in [0.25, 0.3) is 0 Å². The third kappa shape index (κ3) is 5.03. The fourth-order valence-corrected chi connectivity index (χ4v) is 4.20. The minimum Gasteiger partial charge on any atom is -0.351 e. The van der Waals surface area contributed by atoms with Crippen LogP contribution in [0.2, 0.25) is 0 Å². The molecule has 0 bridgehead atoms. The summed E-state index contributed by atoms with van der Waals surface area (Å²) in [6.45, 7) is 6.65. The van der Waals surface area contributed by atoms with Crippen molar-refractivity contribution in [1.82, 2.24) is 19.8 Å². The zero-order chi connectivity index (χ0) is 19.2. The van der Waals surface area contributed by atoms with Gasteiger partial charge in [-0.15, -0.1) is 0 Å². The lowest BCUT2D eigenvalue weighted by molar-refractivity contribution is -0.129. The zero-order valence-electron chi connectivity index (χ0n) is 15.2. The predicted octanol–water partition coefficient (Wildman–Crippen LogP) is -0.121. The lowest BCUT2D eigenvalue weighted by Crippen LogP contribution is -2.49. The summed E-state index contributed by atoms with van der Waals surface area (Å²) < 4.78 is 27.0. The molecule has 2 N–H and O–H groups in total. The summed E-state index contributed by atoms with van der Waals surface area (Å²) in [5.41, 5.74) is 0.310. The Balaban J connectivity index is 2.06. The van der Waals surface area contributed by atoms with Gasteiger partial charge in [-0.1, -0.05) is 13.0 Å². The Hall–Kier alpha value is -1.97. The number of rotatable bonds is 7. The van der Waals surface area contributed by atoms with Gasteiger partial charge < -0.3 is 15.5 Å². The molecule has 8 nitrogen and oxygen atoms in total. The molecule has 26 heavy (non-hydrogen) atoms. The van der Waals surface area contributed by atoms with E-state index in [1.54, 1.807) is 17.0 Å². The molecule has 0 atom stereocenters. The van der Waals surface area contributed by atoms with Gasteiger partial charge in [0.05, 0.1) is 4.90 Å². The number of likely N-dealkylation sites (N-methyl/N-ethyl adjacent to an activating group) is 1. The normalized spacial score (nSPS) is 15.7. The third-order valence-corrected chi connectivity index (χ3v) is 6.15.